The lowest BCUT2D eigenvalue weighted by Gasteiger charge is -2.07. The zero-order chi connectivity index (χ0) is 13.7. The normalized spacial score (nSPS) is 9.95. The summed E-state index contributed by atoms with van der Waals surface area (Å²) in [7, 11) is 0. The Labute approximate surface area is 109 Å². The van der Waals surface area contributed by atoms with Crippen molar-refractivity contribution in [3.63, 3.8) is 0 Å². The molecule has 0 aromatic heterocycles. The minimum absolute atomic E-state index is 0.132. The van der Waals surface area contributed by atoms with Gasteiger partial charge < -0.3 is 9.84 Å². The molecule has 0 saturated heterocycles. The molecule has 98 valence electrons. The van der Waals surface area contributed by atoms with Gasteiger partial charge in [0.05, 0.1) is 0 Å². The number of aromatic hydroxyl groups is 1. The van der Waals surface area contributed by atoms with Gasteiger partial charge in [0.1, 0.15) is 6.61 Å². The van der Waals surface area contributed by atoms with E-state index in [1.54, 1.807) is 0 Å². The lowest BCUT2D eigenvalue weighted by Crippen LogP contribution is -2.13. The molecule has 0 spiro atoms. The Morgan fingerprint density at radius 1 is 1.21 bits per heavy atom. The zero-order valence-corrected chi connectivity index (χ0v) is 9.97. The fourth-order valence-corrected chi connectivity index (χ4v) is 1.46. The molecule has 5 heteroatoms. The molecule has 0 unspecified atom stereocenters. The summed E-state index contributed by atoms with van der Waals surface area (Å²) in [6, 6.07) is 12.7. The largest absolute Gasteiger partial charge is 0.505 e. The number of phenols is 1. The average molecular weight is 261 g/mol. The van der Waals surface area contributed by atoms with Gasteiger partial charge in [-0.2, -0.15) is 0 Å². The monoisotopic (exact) mass is 261 g/mol. The van der Waals surface area contributed by atoms with Gasteiger partial charge in [-0.05, 0) is 17.7 Å². The SMILES string of the molecule is O=C(Nc1ccc(O)c(F)c1)OCc1ccccc1. The average Bonchev–Trinajstić information content (AvgIpc) is 2.42. The van der Waals surface area contributed by atoms with Gasteiger partial charge in [0, 0.05) is 11.8 Å². The topological polar surface area (TPSA) is 58.6 Å². The van der Waals surface area contributed by atoms with E-state index in [2.05, 4.69) is 5.32 Å². The molecule has 0 fully saturated rings. The van der Waals surface area contributed by atoms with Crippen LogP contribution < -0.4 is 5.32 Å². The Morgan fingerprint density at radius 3 is 2.63 bits per heavy atom. The number of phenolic OH excluding ortho intramolecular Hbond substituents is 1. The molecule has 1 amide bonds. The van der Waals surface area contributed by atoms with E-state index in [0.29, 0.717) is 0 Å². The Morgan fingerprint density at radius 2 is 1.95 bits per heavy atom. The summed E-state index contributed by atoms with van der Waals surface area (Å²) in [5.41, 5.74) is 1.07. The third-order valence-corrected chi connectivity index (χ3v) is 2.41. The smallest absolute Gasteiger partial charge is 0.411 e. The highest BCUT2D eigenvalue weighted by molar-refractivity contribution is 5.84. The molecule has 0 aliphatic rings. The van der Waals surface area contributed by atoms with Crippen LogP contribution in [0.15, 0.2) is 48.5 Å². The first-order valence-electron chi connectivity index (χ1n) is 5.61. The molecule has 0 aliphatic carbocycles. The molecule has 0 heterocycles. The van der Waals surface area contributed by atoms with Crippen LogP contribution in [0.25, 0.3) is 0 Å². The van der Waals surface area contributed by atoms with Crippen molar-refractivity contribution in [2.24, 2.45) is 0 Å². The minimum atomic E-state index is -0.805. The van der Waals surface area contributed by atoms with E-state index in [-0.39, 0.29) is 12.3 Å². The molecule has 4 nitrogen and oxygen atoms in total. The summed E-state index contributed by atoms with van der Waals surface area (Å²) in [6.07, 6.45) is -0.686. The number of carbonyl (C=O) groups is 1. The van der Waals surface area contributed by atoms with E-state index in [1.807, 2.05) is 30.3 Å². The summed E-state index contributed by atoms with van der Waals surface area (Å²) in [6.45, 7) is 0.132. The van der Waals surface area contributed by atoms with Crippen LogP contribution in [0.1, 0.15) is 5.56 Å². The summed E-state index contributed by atoms with van der Waals surface area (Å²) in [5.74, 6) is -1.27. The van der Waals surface area contributed by atoms with Crippen molar-refractivity contribution in [3.05, 3.63) is 59.9 Å². The summed E-state index contributed by atoms with van der Waals surface area (Å²) < 4.78 is 18.0. The maximum Gasteiger partial charge on any atom is 0.411 e. The van der Waals surface area contributed by atoms with Crippen LogP contribution in [0, 0.1) is 5.82 Å². The molecule has 0 aliphatic heterocycles. The number of nitrogens with one attached hydrogen (secondary N) is 1. The zero-order valence-electron chi connectivity index (χ0n) is 9.97. The highest BCUT2D eigenvalue weighted by Gasteiger charge is 2.06. The Bertz CT molecular complexity index is 572. The molecule has 0 radical (unpaired) electrons. The lowest BCUT2D eigenvalue weighted by molar-refractivity contribution is 0.155. The van der Waals surface area contributed by atoms with E-state index in [1.165, 1.54) is 6.07 Å². The number of halogens is 1. The number of hydrogen-bond acceptors (Lipinski definition) is 3. The van der Waals surface area contributed by atoms with Crippen molar-refractivity contribution in [1.82, 2.24) is 0 Å². The molecular formula is C14H12FNO3. The van der Waals surface area contributed by atoms with Crippen LogP contribution in [0.5, 0.6) is 5.75 Å². The van der Waals surface area contributed by atoms with Crippen LogP contribution in [-0.4, -0.2) is 11.2 Å². The second-order valence-corrected chi connectivity index (χ2v) is 3.85. The van der Waals surface area contributed by atoms with Crippen LogP contribution in [0.4, 0.5) is 14.9 Å². The van der Waals surface area contributed by atoms with Gasteiger partial charge in [-0.15, -0.1) is 0 Å². The summed E-state index contributed by atoms with van der Waals surface area (Å²) in [4.78, 5) is 11.5. The van der Waals surface area contributed by atoms with Crippen LogP contribution in [0.3, 0.4) is 0 Å². The first kappa shape index (κ1) is 12.9. The van der Waals surface area contributed by atoms with Crippen molar-refractivity contribution in [2.75, 3.05) is 5.32 Å². The molecule has 2 aromatic carbocycles. The van der Waals surface area contributed by atoms with Gasteiger partial charge >= 0.3 is 6.09 Å². The molecule has 19 heavy (non-hydrogen) atoms. The van der Waals surface area contributed by atoms with E-state index in [9.17, 15) is 9.18 Å². The number of amides is 1. The van der Waals surface area contributed by atoms with Gasteiger partial charge in [-0.1, -0.05) is 30.3 Å². The first-order chi connectivity index (χ1) is 9.15. The van der Waals surface area contributed by atoms with Gasteiger partial charge in [-0.3, -0.25) is 5.32 Å². The lowest BCUT2D eigenvalue weighted by atomic mass is 10.2. The Hall–Kier alpha value is -2.56. The molecule has 0 saturated carbocycles. The number of rotatable bonds is 3. The van der Waals surface area contributed by atoms with Gasteiger partial charge in [0.15, 0.2) is 11.6 Å². The Balaban J connectivity index is 1.89. The number of benzene rings is 2. The predicted molar refractivity (Wildman–Crippen MR) is 68.3 cm³/mol. The molecule has 2 N–H and O–H groups in total. The van der Waals surface area contributed by atoms with E-state index in [0.717, 1.165) is 17.7 Å². The van der Waals surface area contributed by atoms with Gasteiger partial charge in [0.25, 0.3) is 0 Å². The molecule has 2 aromatic rings. The fourth-order valence-electron chi connectivity index (χ4n) is 1.46. The van der Waals surface area contributed by atoms with E-state index in [4.69, 9.17) is 9.84 Å². The highest BCUT2D eigenvalue weighted by Crippen LogP contribution is 2.19. The van der Waals surface area contributed by atoms with Crippen LogP contribution in [0.2, 0.25) is 0 Å². The second-order valence-electron chi connectivity index (χ2n) is 3.85. The van der Waals surface area contributed by atoms with Crippen molar-refractivity contribution in [2.45, 2.75) is 6.61 Å². The predicted octanol–water partition coefficient (Wildman–Crippen LogP) is 3.28. The van der Waals surface area contributed by atoms with Gasteiger partial charge in [-0.25, -0.2) is 9.18 Å². The fraction of sp³-hybridized carbons (Fsp3) is 0.0714. The van der Waals surface area contributed by atoms with Crippen molar-refractivity contribution >= 4 is 11.8 Å². The Kier molecular flexibility index (Phi) is 3.97. The molecular weight excluding hydrogens is 249 g/mol. The third kappa shape index (κ3) is 3.70. The standard InChI is InChI=1S/C14H12FNO3/c15-12-8-11(6-7-13(12)17)16-14(18)19-9-10-4-2-1-3-5-10/h1-8,17H,9H2,(H,16,18). The number of ether oxygens (including phenoxy) is 1. The maximum absolute atomic E-state index is 13.0. The van der Waals surface area contributed by atoms with E-state index < -0.39 is 17.7 Å². The maximum atomic E-state index is 13.0. The van der Waals surface area contributed by atoms with Crippen molar-refractivity contribution in [1.29, 1.82) is 0 Å². The van der Waals surface area contributed by atoms with Crippen LogP contribution in [-0.2, 0) is 11.3 Å². The number of carbonyl (C=O) groups excluding carboxylic acids is 1. The first-order valence-corrected chi connectivity index (χ1v) is 5.61. The molecule has 0 atom stereocenters. The molecule has 2 rings (SSSR count). The van der Waals surface area contributed by atoms with Crippen LogP contribution >= 0.6 is 0 Å². The highest BCUT2D eigenvalue weighted by atomic mass is 19.1. The minimum Gasteiger partial charge on any atom is -0.505 e. The summed E-state index contributed by atoms with van der Waals surface area (Å²) in [5, 5.41) is 11.4. The van der Waals surface area contributed by atoms with Crippen molar-refractivity contribution in [3.8, 4) is 5.75 Å². The molecule has 0 bridgehead atoms. The van der Waals surface area contributed by atoms with Gasteiger partial charge in [0.2, 0.25) is 0 Å². The quantitative estimate of drug-likeness (QED) is 0.833. The van der Waals surface area contributed by atoms with Crippen molar-refractivity contribution < 1.29 is 19.0 Å². The summed E-state index contributed by atoms with van der Waals surface area (Å²) >= 11 is 0. The van der Waals surface area contributed by atoms with E-state index >= 15 is 0 Å². The number of anilines is 1. The second kappa shape index (κ2) is 5.86. The number of hydrogen-bond donors (Lipinski definition) is 2. The third-order valence-electron chi connectivity index (χ3n) is 2.41.